The number of benzene rings is 2. The molecule has 7 nitrogen and oxygen atoms in total. The van der Waals surface area contributed by atoms with Gasteiger partial charge in [0.25, 0.3) is 5.56 Å². The van der Waals surface area contributed by atoms with Gasteiger partial charge in [0.15, 0.2) is 5.16 Å². The maximum atomic E-state index is 12.2. The van der Waals surface area contributed by atoms with Gasteiger partial charge in [-0.1, -0.05) is 42.1 Å². The van der Waals surface area contributed by atoms with Gasteiger partial charge in [-0.2, -0.15) is 8.78 Å². The monoisotopic (exact) mass is 418 g/mol. The molecule has 3 aromatic rings. The second kappa shape index (κ2) is 9.78. The lowest BCUT2D eigenvalue weighted by Gasteiger charge is -2.07. The average Bonchev–Trinajstić information content (AvgIpc) is 2.70. The third kappa shape index (κ3) is 6.39. The van der Waals surface area contributed by atoms with Crippen LogP contribution in [-0.4, -0.2) is 33.5 Å². The van der Waals surface area contributed by atoms with Crippen molar-refractivity contribution in [1.29, 1.82) is 0 Å². The molecule has 0 fully saturated rings. The largest absolute Gasteiger partial charge is 0.435 e. The molecule has 1 heterocycles. The molecule has 1 aromatic heterocycles. The zero-order chi connectivity index (χ0) is 20.6. The predicted octanol–water partition coefficient (Wildman–Crippen LogP) is 3.09. The predicted molar refractivity (Wildman–Crippen MR) is 104 cm³/mol. The number of amides is 1. The number of rotatable bonds is 8. The highest BCUT2D eigenvalue weighted by Gasteiger charge is 2.10. The molecule has 0 radical (unpaired) electrons. The Kier molecular flexibility index (Phi) is 6.90. The van der Waals surface area contributed by atoms with Gasteiger partial charge in [0.1, 0.15) is 11.4 Å². The van der Waals surface area contributed by atoms with E-state index in [0.717, 1.165) is 17.3 Å². The number of aromatic amines is 1. The molecule has 0 saturated carbocycles. The Balaban J connectivity index is 1.52. The minimum atomic E-state index is -2.91. The Morgan fingerprint density at radius 1 is 1.10 bits per heavy atom. The summed E-state index contributed by atoms with van der Waals surface area (Å²) in [6.07, 6.45) is 0.361. The quantitative estimate of drug-likeness (QED) is 0.546. The van der Waals surface area contributed by atoms with Crippen molar-refractivity contribution in [2.75, 3.05) is 11.1 Å². The van der Waals surface area contributed by atoms with Crippen molar-refractivity contribution >= 4 is 23.4 Å². The molecule has 0 bridgehead atoms. The van der Waals surface area contributed by atoms with Gasteiger partial charge in [-0.3, -0.25) is 14.6 Å². The lowest BCUT2D eigenvalue weighted by Crippen LogP contribution is -2.19. The van der Waals surface area contributed by atoms with Gasteiger partial charge >= 0.3 is 6.61 Å². The van der Waals surface area contributed by atoms with Crippen molar-refractivity contribution < 1.29 is 18.3 Å². The molecule has 0 spiro atoms. The van der Waals surface area contributed by atoms with E-state index in [2.05, 4.69) is 25.2 Å². The minimum absolute atomic E-state index is 0.00387. The van der Waals surface area contributed by atoms with Crippen LogP contribution in [0.15, 0.2) is 64.5 Å². The smallest absolute Gasteiger partial charge is 0.387 e. The first kappa shape index (κ1) is 20.5. The van der Waals surface area contributed by atoms with Gasteiger partial charge < -0.3 is 10.1 Å². The number of ether oxygens (including phenoxy) is 1. The van der Waals surface area contributed by atoms with Gasteiger partial charge in [0.2, 0.25) is 5.91 Å². The van der Waals surface area contributed by atoms with Crippen molar-refractivity contribution in [1.82, 2.24) is 15.2 Å². The highest BCUT2D eigenvalue weighted by molar-refractivity contribution is 7.99. The van der Waals surface area contributed by atoms with Gasteiger partial charge in [0, 0.05) is 12.1 Å². The van der Waals surface area contributed by atoms with E-state index in [1.165, 1.54) is 24.3 Å². The molecule has 29 heavy (non-hydrogen) atoms. The van der Waals surface area contributed by atoms with E-state index < -0.39 is 6.61 Å². The van der Waals surface area contributed by atoms with Crippen LogP contribution in [-0.2, 0) is 11.2 Å². The standard InChI is InChI=1S/C19H16F2N4O3S/c20-18(21)28-14-8-6-13(7-9-14)22-16(26)11-29-19-23-17(27)15(24-25-19)10-12-4-2-1-3-5-12/h1-9,18H,10-11H2,(H,22,26)(H,23,25,27). The summed E-state index contributed by atoms with van der Waals surface area (Å²) in [7, 11) is 0. The number of nitrogens with zero attached hydrogens (tertiary/aromatic N) is 2. The molecule has 2 N–H and O–H groups in total. The summed E-state index contributed by atoms with van der Waals surface area (Å²) in [5.41, 5.74) is 1.30. The molecule has 0 aliphatic carbocycles. The van der Waals surface area contributed by atoms with Crippen molar-refractivity contribution in [3.8, 4) is 5.75 Å². The summed E-state index contributed by atoms with van der Waals surface area (Å²) in [5, 5.41) is 10.7. The van der Waals surface area contributed by atoms with Crippen LogP contribution < -0.4 is 15.6 Å². The maximum Gasteiger partial charge on any atom is 0.387 e. The Morgan fingerprint density at radius 2 is 1.83 bits per heavy atom. The molecule has 0 unspecified atom stereocenters. The molecule has 0 saturated heterocycles. The molecule has 0 aliphatic heterocycles. The molecule has 1 amide bonds. The SMILES string of the molecule is O=C(CSc1nnc(Cc2ccccc2)c(=O)[nH]1)Nc1ccc(OC(F)F)cc1. The van der Waals surface area contributed by atoms with Gasteiger partial charge in [-0.25, -0.2) is 0 Å². The summed E-state index contributed by atoms with van der Waals surface area (Å²) in [5.74, 6) is -0.373. The van der Waals surface area contributed by atoms with Gasteiger partial charge in [-0.15, -0.1) is 10.2 Å². The number of halogens is 2. The summed E-state index contributed by atoms with van der Waals surface area (Å²) in [6.45, 7) is -2.91. The van der Waals surface area contributed by atoms with Gasteiger partial charge in [-0.05, 0) is 29.8 Å². The first-order valence-electron chi connectivity index (χ1n) is 8.47. The van der Waals surface area contributed by atoms with E-state index in [0.29, 0.717) is 12.1 Å². The molecular formula is C19H16F2N4O3S. The van der Waals surface area contributed by atoms with E-state index in [4.69, 9.17) is 0 Å². The number of anilines is 1. The van der Waals surface area contributed by atoms with Crippen LogP contribution in [0.3, 0.4) is 0 Å². The number of hydrogen-bond donors (Lipinski definition) is 2. The van der Waals surface area contributed by atoms with Crippen LogP contribution in [0.2, 0.25) is 0 Å². The normalized spacial score (nSPS) is 10.7. The highest BCUT2D eigenvalue weighted by Crippen LogP contribution is 2.18. The van der Waals surface area contributed by atoms with E-state index in [1.807, 2.05) is 30.3 Å². The third-order valence-electron chi connectivity index (χ3n) is 3.66. The van der Waals surface area contributed by atoms with E-state index in [9.17, 15) is 18.4 Å². The maximum absolute atomic E-state index is 12.2. The fraction of sp³-hybridized carbons (Fsp3) is 0.158. The first-order chi connectivity index (χ1) is 14.0. The van der Waals surface area contributed by atoms with E-state index >= 15 is 0 Å². The third-order valence-corrected chi connectivity index (χ3v) is 4.53. The fourth-order valence-corrected chi connectivity index (χ4v) is 2.97. The first-order valence-corrected chi connectivity index (χ1v) is 9.45. The molecule has 0 atom stereocenters. The topological polar surface area (TPSA) is 97.0 Å². The van der Waals surface area contributed by atoms with E-state index in [1.54, 1.807) is 0 Å². The number of H-pyrrole nitrogens is 1. The van der Waals surface area contributed by atoms with Crippen molar-refractivity contribution in [2.24, 2.45) is 0 Å². The molecule has 2 aromatic carbocycles. The number of nitrogens with one attached hydrogen (secondary N) is 2. The zero-order valence-corrected chi connectivity index (χ0v) is 15.8. The number of hydrogen-bond acceptors (Lipinski definition) is 6. The van der Waals surface area contributed by atoms with Crippen LogP contribution in [0.4, 0.5) is 14.5 Å². The molecule has 0 aliphatic rings. The fourth-order valence-electron chi connectivity index (χ4n) is 2.37. The Morgan fingerprint density at radius 3 is 2.48 bits per heavy atom. The van der Waals surface area contributed by atoms with Crippen molar-refractivity contribution in [2.45, 2.75) is 18.2 Å². The minimum Gasteiger partial charge on any atom is -0.435 e. The van der Waals surface area contributed by atoms with Crippen LogP contribution in [0.1, 0.15) is 11.3 Å². The highest BCUT2D eigenvalue weighted by atomic mass is 32.2. The second-order valence-corrected chi connectivity index (χ2v) is 6.77. The Labute approximate surface area is 168 Å². The summed E-state index contributed by atoms with van der Waals surface area (Å²) in [6, 6.07) is 14.9. The van der Waals surface area contributed by atoms with Crippen LogP contribution in [0.5, 0.6) is 5.75 Å². The van der Waals surface area contributed by atoms with Crippen molar-refractivity contribution in [3.05, 3.63) is 76.2 Å². The van der Waals surface area contributed by atoms with E-state index in [-0.39, 0.29) is 33.8 Å². The average molecular weight is 418 g/mol. The number of thioether (sulfide) groups is 1. The molecule has 3 rings (SSSR count). The Bertz CT molecular complexity index is 1010. The number of carbonyl (C=O) groups excluding carboxylic acids is 1. The lowest BCUT2D eigenvalue weighted by molar-refractivity contribution is -0.113. The molecular weight excluding hydrogens is 402 g/mol. The zero-order valence-electron chi connectivity index (χ0n) is 15.0. The summed E-state index contributed by atoms with van der Waals surface area (Å²) >= 11 is 1.02. The Hall–Kier alpha value is -3.27. The molecule has 10 heteroatoms. The summed E-state index contributed by atoms with van der Waals surface area (Å²) in [4.78, 5) is 26.8. The van der Waals surface area contributed by atoms with Crippen LogP contribution in [0.25, 0.3) is 0 Å². The summed E-state index contributed by atoms with van der Waals surface area (Å²) < 4.78 is 28.5. The van der Waals surface area contributed by atoms with Gasteiger partial charge in [0.05, 0.1) is 5.75 Å². The number of carbonyl (C=O) groups is 1. The van der Waals surface area contributed by atoms with Crippen molar-refractivity contribution in [3.63, 3.8) is 0 Å². The molecule has 150 valence electrons. The second-order valence-electron chi connectivity index (χ2n) is 5.81. The number of alkyl halides is 2. The van der Waals surface area contributed by atoms with Crippen LogP contribution in [0, 0.1) is 0 Å². The van der Waals surface area contributed by atoms with Crippen LogP contribution >= 0.6 is 11.8 Å². The lowest BCUT2D eigenvalue weighted by atomic mass is 10.1. The number of aromatic nitrogens is 3.